The summed E-state index contributed by atoms with van der Waals surface area (Å²) in [6, 6.07) is 1.50. The van der Waals surface area contributed by atoms with Crippen LogP contribution in [0.5, 0.6) is 0 Å². The lowest BCUT2D eigenvalue weighted by Crippen LogP contribution is -2.19. The van der Waals surface area contributed by atoms with Gasteiger partial charge < -0.3 is 4.74 Å². The van der Waals surface area contributed by atoms with Crippen molar-refractivity contribution in [2.45, 2.75) is 19.3 Å². The Morgan fingerprint density at radius 1 is 1.17 bits per heavy atom. The standard InChI is InChI=1S/C13H13F3O2/c14-10-6-9(7-11(15)13(10)16)12(17)5-8-1-3-18-4-2-8/h6-8H,1-5H2. The van der Waals surface area contributed by atoms with Crippen LogP contribution in [0.1, 0.15) is 29.6 Å². The molecule has 0 atom stereocenters. The van der Waals surface area contributed by atoms with Gasteiger partial charge >= 0.3 is 0 Å². The molecule has 18 heavy (non-hydrogen) atoms. The number of ether oxygens (including phenoxy) is 1. The first-order chi connectivity index (χ1) is 8.58. The molecule has 0 bridgehead atoms. The normalized spacial score (nSPS) is 16.8. The number of Topliss-reactive ketones (excluding diaryl/α,β-unsaturated/α-hetero) is 1. The Kier molecular flexibility index (Phi) is 4.01. The fourth-order valence-electron chi connectivity index (χ4n) is 2.05. The summed E-state index contributed by atoms with van der Waals surface area (Å²) in [5.74, 6) is -4.39. The topological polar surface area (TPSA) is 26.3 Å². The van der Waals surface area contributed by atoms with E-state index in [1.54, 1.807) is 0 Å². The maximum atomic E-state index is 13.0. The zero-order valence-electron chi connectivity index (χ0n) is 9.72. The van der Waals surface area contributed by atoms with E-state index in [1.807, 2.05) is 0 Å². The molecule has 1 aliphatic rings. The summed E-state index contributed by atoms with van der Waals surface area (Å²) in [5.41, 5.74) is -0.113. The van der Waals surface area contributed by atoms with Crippen molar-refractivity contribution in [3.8, 4) is 0 Å². The Morgan fingerprint density at radius 2 is 1.72 bits per heavy atom. The number of halogens is 3. The van der Waals surface area contributed by atoms with Crippen LogP contribution in [0.3, 0.4) is 0 Å². The third-order valence-electron chi connectivity index (χ3n) is 3.12. The molecule has 5 heteroatoms. The number of hydrogen-bond acceptors (Lipinski definition) is 2. The fourth-order valence-corrected chi connectivity index (χ4v) is 2.05. The quantitative estimate of drug-likeness (QED) is 0.615. The highest BCUT2D eigenvalue weighted by Crippen LogP contribution is 2.22. The van der Waals surface area contributed by atoms with Gasteiger partial charge in [0.2, 0.25) is 0 Å². The molecule has 98 valence electrons. The monoisotopic (exact) mass is 258 g/mol. The van der Waals surface area contributed by atoms with E-state index < -0.39 is 17.5 Å². The van der Waals surface area contributed by atoms with E-state index in [-0.39, 0.29) is 23.7 Å². The second kappa shape index (κ2) is 5.52. The summed E-state index contributed by atoms with van der Waals surface area (Å²) < 4.78 is 43.9. The van der Waals surface area contributed by atoms with Crippen LogP contribution in [0.4, 0.5) is 13.2 Å². The molecule has 0 radical (unpaired) electrons. The molecule has 1 aliphatic heterocycles. The Hall–Kier alpha value is -1.36. The van der Waals surface area contributed by atoms with Gasteiger partial charge in [0.05, 0.1) is 0 Å². The Labute approximate surface area is 103 Å². The van der Waals surface area contributed by atoms with E-state index in [0.717, 1.165) is 25.0 Å². The lowest BCUT2D eigenvalue weighted by molar-refractivity contribution is 0.0600. The maximum absolute atomic E-state index is 13.0. The first kappa shape index (κ1) is 13.1. The predicted octanol–water partition coefficient (Wildman–Crippen LogP) is 3.10. The second-order valence-corrected chi connectivity index (χ2v) is 4.44. The SMILES string of the molecule is O=C(CC1CCOCC1)c1cc(F)c(F)c(F)c1. The Morgan fingerprint density at radius 3 is 2.28 bits per heavy atom. The van der Waals surface area contributed by atoms with E-state index in [0.29, 0.717) is 13.2 Å². The summed E-state index contributed by atoms with van der Waals surface area (Å²) >= 11 is 0. The van der Waals surface area contributed by atoms with Crippen LogP contribution in [0, 0.1) is 23.4 Å². The second-order valence-electron chi connectivity index (χ2n) is 4.44. The number of benzene rings is 1. The minimum absolute atomic E-state index is 0.113. The van der Waals surface area contributed by atoms with Gasteiger partial charge in [0, 0.05) is 25.2 Å². The van der Waals surface area contributed by atoms with Crippen molar-refractivity contribution < 1.29 is 22.7 Å². The number of carbonyl (C=O) groups excluding carboxylic acids is 1. The molecule has 2 rings (SSSR count). The van der Waals surface area contributed by atoms with Crippen molar-refractivity contribution >= 4 is 5.78 Å². The van der Waals surface area contributed by atoms with Crippen molar-refractivity contribution in [1.82, 2.24) is 0 Å². The molecule has 0 unspecified atom stereocenters. The first-order valence-electron chi connectivity index (χ1n) is 5.83. The molecule has 1 saturated heterocycles. The van der Waals surface area contributed by atoms with E-state index in [2.05, 4.69) is 0 Å². The molecule has 0 N–H and O–H groups in total. The van der Waals surface area contributed by atoms with E-state index >= 15 is 0 Å². The molecule has 1 heterocycles. The molecule has 0 amide bonds. The van der Waals surface area contributed by atoms with Crippen LogP contribution < -0.4 is 0 Å². The van der Waals surface area contributed by atoms with Gasteiger partial charge in [0.1, 0.15) is 0 Å². The van der Waals surface area contributed by atoms with Gasteiger partial charge in [-0.1, -0.05) is 0 Å². The van der Waals surface area contributed by atoms with E-state index in [1.165, 1.54) is 0 Å². The highest BCUT2D eigenvalue weighted by Gasteiger charge is 2.20. The van der Waals surface area contributed by atoms with Gasteiger partial charge in [-0.25, -0.2) is 13.2 Å². The summed E-state index contributed by atoms with van der Waals surface area (Å²) in [6.45, 7) is 1.20. The molecule has 1 aromatic rings. The number of carbonyl (C=O) groups is 1. The van der Waals surface area contributed by atoms with E-state index in [4.69, 9.17) is 4.74 Å². The Balaban J connectivity index is 2.08. The average molecular weight is 258 g/mol. The van der Waals surface area contributed by atoms with Crippen molar-refractivity contribution in [2.75, 3.05) is 13.2 Å². The number of ketones is 1. The third kappa shape index (κ3) is 2.90. The molecule has 0 spiro atoms. The van der Waals surface area contributed by atoms with Crippen molar-refractivity contribution in [3.63, 3.8) is 0 Å². The van der Waals surface area contributed by atoms with Crippen LogP contribution in [-0.2, 0) is 4.74 Å². The van der Waals surface area contributed by atoms with Gasteiger partial charge in [-0.15, -0.1) is 0 Å². The highest BCUT2D eigenvalue weighted by atomic mass is 19.2. The minimum Gasteiger partial charge on any atom is -0.381 e. The van der Waals surface area contributed by atoms with Crippen LogP contribution in [0.25, 0.3) is 0 Å². The number of hydrogen-bond donors (Lipinski definition) is 0. The third-order valence-corrected chi connectivity index (χ3v) is 3.12. The van der Waals surface area contributed by atoms with Crippen molar-refractivity contribution in [3.05, 3.63) is 35.1 Å². The largest absolute Gasteiger partial charge is 0.381 e. The average Bonchev–Trinajstić information content (AvgIpc) is 2.36. The zero-order valence-corrected chi connectivity index (χ0v) is 9.72. The van der Waals surface area contributed by atoms with Crippen LogP contribution in [0.15, 0.2) is 12.1 Å². The van der Waals surface area contributed by atoms with E-state index in [9.17, 15) is 18.0 Å². The Bertz CT molecular complexity index is 431. The molecular formula is C13H13F3O2. The first-order valence-corrected chi connectivity index (χ1v) is 5.83. The summed E-state index contributed by atoms with van der Waals surface area (Å²) in [6.07, 6.45) is 1.74. The lowest BCUT2D eigenvalue weighted by Gasteiger charge is -2.21. The van der Waals surface area contributed by atoms with Crippen LogP contribution in [-0.4, -0.2) is 19.0 Å². The number of rotatable bonds is 3. The molecule has 0 aromatic heterocycles. The predicted molar refractivity (Wildman–Crippen MR) is 58.8 cm³/mol. The van der Waals surface area contributed by atoms with Gasteiger partial charge in [-0.3, -0.25) is 4.79 Å². The van der Waals surface area contributed by atoms with Crippen molar-refractivity contribution in [1.29, 1.82) is 0 Å². The summed E-state index contributed by atoms with van der Waals surface area (Å²) in [5, 5.41) is 0. The lowest BCUT2D eigenvalue weighted by atomic mass is 9.92. The van der Waals surface area contributed by atoms with Crippen molar-refractivity contribution in [2.24, 2.45) is 5.92 Å². The zero-order chi connectivity index (χ0) is 13.1. The molecule has 2 nitrogen and oxygen atoms in total. The summed E-state index contributed by atoms with van der Waals surface area (Å²) in [7, 11) is 0. The highest BCUT2D eigenvalue weighted by molar-refractivity contribution is 5.96. The van der Waals surface area contributed by atoms with Crippen LogP contribution >= 0.6 is 0 Å². The molecular weight excluding hydrogens is 245 g/mol. The summed E-state index contributed by atoms with van der Waals surface area (Å²) in [4.78, 5) is 11.8. The smallest absolute Gasteiger partial charge is 0.194 e. The fraction of sp³-hybridized carbons (Fsp3) is 0.462. The molecule has 0 saturated carbocycles. The molecule has 1 fully saturated rings. The van der Waals surface area contributed by atoms with Gasteiger partial charge in [-0.2, -0.15) is 0 Å². The van der Waals surface area contributed by atoms with Gasteiger partial charge in [0.25, 0.3) is 0 Å². The van der Waals surface area contributed by atoms with Gasteiger partial charge in [-0.05, 0) is 30.9 Å². The molecule has 1 aromatic carbocycles. The van der Waals surface area contributed by atoms with Gasteiger partial charge in [0.15, 0.2) is 23.2 Å². The van der Waals surface area contributed by atoms with Crippen LogP contribution in [0.2, 0.25) is 0 Å². The maximum Gasteiger partial charge on any atom is 0.194 e. The minimum atomic E-state index is -1.54. The molecule has 0 aliphatic carbocycles.